The van der Waals surface area contributed by atoms with Crippen molar-refractivity contribution in [3.63, 3.8) is 0 Å². The maximum absolute atomic E-state index is 13.7. The van der Waals surface area contributed by atoms with Crippen LogP contribution >= 0.6 is 23.4 Å². The second-order valence-electron chi connectivity index (χ2n) is 5.24. The van der Waals surface area contributed by atoms with Gasteiger partial charge >= 0.3 is 0 Å². The molecule has 5 heteroatoms. The smallest absolute Gasteiger partial charge is 0.252 e. The number of amides is 1. The Morgan fingerprint density at radius 1 is 1.21 bits per heavy atom. The summed E-state index contributed by atoms with van der Waals surface area (Å²) in [6, 6.07) is 11.9. The highest BCUT2D eigenvalue weighted by atomic mass is 35.5. The molecule has 0 fully saturated rings. The zero-order valence-corrected chi connectivity index (χ0v) is 15.4. The lowest BCUT2D eigenvalue weighted by atomic mass is 10.0. The van der Waals surface area contributed by atoms with Crippen LogP contribution in [0.15, 0.2) is 52.9 Å². The number of halogens is 2. The molecule has 0 aliphatic heterocycles. The highest BCUT2D eigenvalue weighted by Gasteiger charge is 2.12. The van der Waals surface area contributed by atoms with Crippen LogP contribution in [0.25, 0.3) is 11.1 Å². The summed E-state index contributed by atoms with van der Waals surface area (Å²) >= 11 is 7.38. The first-order valence-corrected chi connectivity index (χ1v) is 8.96. The van der Waals surface area contributed by atoms with Gasteiger partial charge in [0.1, 0.15) is 5.82 Å². The van der Waals surface area contributed by atoms with Gasteiger partial charge in [0.05, 0.1) is 5.02 Å². The Morgan fingerprint density at radius 2 is 1.92 bits per heavy atom. The van der Waals surface area contributed by atoms with Gasteiger partial charge in [-0.05, 0) is 48.3 Å². The first-order valence-electron chi connectivity index (χ1n) is 7.60. The highest BCUT2D eigenvalue weighted by Crippen LogP contribution is 2.31. The average Bonchev–Trinajstić information content (AvgIpc) is 2.57. The van der Waals surface area contributed by atoms with Crippen molar-refractivity contribution >= 4 is 35.0 Å². The molecule has 0 aliphatic carbocycles. The fourth-order valence-electron chi connectivity index (χ4n) is 2.21. The number of benzene rings is 2. The van der Waals surface area contributed by atoms with Crippen LogP contribution in [0.5, 0.6) is 0 Å². The summed E-state index contributed by atoms with van der Waals surface area (Å²) in [5, 5.41) is 2.99. The van der Waals surface area contributed by atoms with Crippen molar-refractivity contribution in [3.8, 4) is 11.1 Å². The molecular formula is C19H19ClFNOS. The molecule has 0 aromatic heterocycles. The van der Waals surface area contributed by atoms with Crippen LogP contribution in [0.2, 0.25) is 5.02 Å². The SMILES string of the molecule is CCS/C(C)=C(\C)C(=O)Nc1ccccc1-c1ccc(Cl)c(F)c1. The van der Waals surface area contributed by atoms with Gasteiger partial charge in [0.15, 0.2) is 0 Å². The molecule has 1 N–H and O–H groups in total. The molecule has 0 aliphatic rings. The summed E-state index contributed by atoms with van der Waals surface area (Å²) in [4.78, 5) is 13.4. The van der Waals surface area contributed by atoms with Crippen LogP contribution in [-0.4, -0.2) is 11.7 Å². The van der Waals surface area contributed by atoms with E-state index in [0.717, 1.165) is 16.2 Å². The Kier molecular flexibility index (Phi) is 6.46. The molecular weight excluding hydrogens is 345 g/mol. The summed E-state index contributed by atoms with van der Waals surface area (Å²) < 4.78 is 13.7. The van der Waals surface area contributed by atoms with Crippen molar-refractivity contribution in [2.24, 2.45) is 0 Å². The van der Waals surface area contributed by atoms with Crippen molar-refractivity contribution in [2.45, 2.75) is 20.8 Å². The Hall–Kier alpha value is -1.78. The number of allylic oxidation sites excluding steroid dienone is 1. The van der Waals surface area contributed by atoms with Gasteiger partial charge in [0, 0.05) is 16.8 Å². The van der Waals surface area contributed by atoms with Gasteiger partial charge in [-0.2, -0.15) is 0 Å². The predicted octanol–water partition coefficient (Wildman–Crippen LogP) is 6.13. The van der Waals surface area contributed by atoms with E-state index < -0.39 is 5.82 Å². The zero-order chi connectivity index (χ0) is 17.7. The molecule has 2 aromatic carbocycles. The number of carbonyl (C=O) groups excluding carboxylic acids is 1. The monoisotopic (exact) mass is 363 g/mol. The van der Waals surface area contributed by atoms with Crippen molar-refractivity contribution in [2.75, 3.05) is 11.1 Å². The first-order chi connectivity index (χ1) is 11.4. The fraction of sp³-hybridized carbons (Fsp3) is 0.211. The minimum atomic E-state index is -0.485. The molecule has 24 heavy (non-hydrogen) atoms. The lowest BCUT2D eigenvalue weighted by Gasteiger charge is -2.13. The van der Waals surface area contributed by atoms with Crippen LogP contribution in [-0.2, 0) is 4.79 Å². The summed E-state index contributed by atoms with van der Waals surface area (Å²) in [5.41, 5.74) is 2.72. The third-order valence-electron chi connectivity index (χ3n) is 3.64. The molecule has 0 bridgehead atoms. The van der Waals surface area contributed by atoms with E-state index in [1.54, 1.807) is 30.8 Å². The topological polar surface area (TPSA) is 29.1 Å². The number of thioether (sulfide) groups is 1. The second-order valence-corrected chi connectivity index (χ2v) is 7.13. The molecule has 0 spiro atoms. The Labute approximate surface area is 151 Å². The van der Waals surface area contributed by atoms with Crippen LogP contribution in [0.4, 0.5) is 10.1 Å². The first kappa shape index (κ1) is 18.6. The molecule has 0 saturated heterocycles. The van der Waals surface area contributed by atoms with Crippen LogP contribution in [0.1, 0.15) is 20.8 Å². The van der Waals surface area contributed by atoms with Crippen LogP contribution < -0.4 is 5.32 Å². The molecule has 0 radical (unpaired) electrons. The van der Waals surface area contributed by atoms with Gasteiger partial charge in [-0.15, -0.1) is 11.8 Å². The van der Waals surface area contributed by atoms with Crippen molar-refractivity contribution in [3.05, 3.63) is 63.8 Å². The summed E-state index contributed by atoms with van der Waals surface area (Å²) in [5.74, 6) is 0.272. The van der Waals surface area contributed by atoms with E-state index in [2.05, 4.69) is 5.32 Å². The fourth-order valence-corrected chi connectivity index (χ4v) is 3.07. The molecule has 2 nitrogen and oxygen atoms in total. The Bertz CT molecular complexity index is 789. The van der Waals surface area contributed by atoms with Gasteiger partial charge in [0.2, 0.25) is 0 Å². The number of carbonyl (C=O) groups is 1. The van der Waals surface area contributed by atoms with Crippen LogP contribution in [0, 0.1) is 5.82 Å². The third kappa shape index (κ3) is 4.40. The van der Waals surface area contributed by atoms with Gasteiger partial charge in [-0.1, -0.05) is 42.8 Å². The van der Waals surface area contributed by atoms with E-state index in [-0.39, 0.29) is 10.9 Å². The van der Waals surface area contributed by atoms with E-state index in [9.17, 15) is 9.18 Å². The molecule has 2 aromatic rings. The lowest BCUT2D eigenvalue weighted by Crippen LogP contribution is -2.14. The minimum absolute atomic E-state index is 0.0752. The van der Waals surface area contributed by atoms with E-state index in [0.29, 0.717) is 16.8 Å². The Balaban J connectivity index is 2.34. The molecule has 1 amide bonds. The van der Waals surface area contributed by atoms with Gasteiger partial charge < -0.3 is 5.32 Å². The number of hydrogen-bond donors (Lipinski definition) is 1. The largest absolute Gasteiger partial charge is 0.322 e. The summed E-state index contributed by atoms with van der Waals surface area (Å²) in [7, 11) is 0. The van der Waals surface area contributed by atoms with Crippen molar-refractivity contribution < 1.29 is 9.18 Å². The number of nitrogens with one attached hydrogen (secondary N) is 1. The Morgan fingerprint density at radius 3 is 2.58 bits per heavy atom. The second kappa shape index (κ2) is 8.36. The van der Waals surface area contributed by atoms with E-state index in [1.807, 2.05) is 32.0 Å². The molecule has 0 atom stereocenters. The summed E-state index contributed by atoms with van der Waals surface area (Å²) in [6.45, 7) is 5.78. The van der Waals surface area contributed by atoms with Gasteiger partial charge in [0.25, 0.3) is 5.91 Å². The quantitative estimate of drug-likeness (QED) is 0.647. The zero-order valence-electron chi connectivity index (χ0n) is 13.8. The molecule has 0 heterocycles. The average molecular weight is 364 g/mol. The highest BCUT2D eigenvalue weighted by molar-refractivity contribution is 8.03. The number of hydrogen-bond acceptors (Lipinski definition) is 2. The van der Waals surface area contributed by atoms with Gasteiger partial charge in [-0.25, -0.2) is 4.39 Å². The standard InChI is InChI=1S/C19H19ClFNOS/c1-4-24-13(3)12(2)19(23)22-18-8-6-5-7-15(18)14-9-10-16(20)17(21)11-14/h5-11H,4H2,1-3H3,(H,22,23)/b13-12+. The molecule has 2 rings (SSSR count). The summed E-state index contributed by atoms with van der Waals surface area (Å²) in [6.07, 6.45) is 0. The third-order valence-corrected chi connectivity index (χ3v) is 4.97. The molecule has 0 unspecified atom stereocenters. The van der Waals surface area contributed by atoms with Crippen LogP contribution in [0.3, 0.4) is 0 Å². The molecule has 126 valence electrons. The maximum atomic E-state index is 13.7. The normalized spacial score (nSPS) is 11.9. The predicted molar refractivity (Wildman–Crippen MR) is 102 cm³/mol. The number of para-hydroxylation sites is 1. The lowest BCUT2D eigenvalue weighted by molar-refractivity contribution is -0.112. The molecule has 0 saturated carbocycles. The van der Waals surface area contributed by atoms with Gasteiger partial charge in [-0.3, -0.25) is 4.79 Å². The minimum Gasteiger partial charge on any atom is -0.322 e. The maximum Gasteiger partial charge on any atom is 0.252 e. The van der Waals surface area contributed by atoms with Crippen molar-refractivity contribution in [1.29, 1.82) is 0 Å². The van der Waals surface area contributed by atoms with E-state index >= 15 is 0 Å². The number of rotatable bonds is 5. The van der Waals surface area contributed by atoms with E-state index in [1.165, 1.54) is 12.1 Å². The van der Waals surface area contributed by atoms with Crippen molar-refractivity contribution in [1.82, 2.24) is 0 Å². The number of anilines is 1. The van der Waals surface area contributed by atoms with E-state index in [4.69, 9.17) is 11.6 Å².